The lowest BCUT2D eigenvalue weighted by Gasteiger charge is -2.08. The first kappa shape index (κ1) is 14.8. The van der Waals surface area contributed by atoms with E-state index in [1.54, 1.807) is 13.3 Å². The number of nitrogens with one attached hydrogen (secondary N) is 2. The topological polar surface area (TPSA) is 67.0 Å². The van der Waals surface area contributed by atoms with Crippen LogP contribution in [0.25, 0.3) is 11.3 Å². The van der Waals surface area contributed by atoms with Crippen molar-refractivity contribution in [2.75, 3.05) is 12.4 Å². The maximum Gasteiger partial charge on any atom is 0.228 e. The predicted molar refractivity (Wildman–Crippen MR) is 89.4 cm³/mol. The Labute approximate surface area is 134 Å². The molecule has 0 fully saturated rings. The van der Waals surface area contributed by atoms with Crippen LogP contribution in [0.15, 0.2) is 60.8 Å². The minimum absolute atomic E-state index is 0.0694. The lowest BCUT2D eigenvalue weighted by atomic mass is 10.1. The third kappa shape index (κ3) is 3.77. The molecule has 0 spiro atoms. The second-order valence-electron chi connectivity index (χ2n) is 5.13. The highest BCUT2D eigenvalue weighted by Gasteiger charge is 2.06. The maximum atomic E-state index is 12.2. The van der Waals surface area contributed by atoms with E-state index >= 15 is 0 Å². The van der Waals surface area contributed by atoms with E-state index in [0.29, 0.717) is 6.42 Å². The summed E-state index contributed by atoms with van der Waals surface area (Å²) in [6.45, 7) is 0. The Balaban J connectivity index is 1.69. The van der Waals surface area contributed by atoms with Crippen molar-refractivity contribution < 1.29 is 9.53 Å². The highest BCUT2D eigenvalue weighted by atomic mass is 16.5. The van der Waals surface area contributed by atoms with Crippen LogP contribution >= 0.6 is 0 Å². The molecule has 3 aromatic rings. The molecule has 1 heterocycles. The highest BCUT2D eigenvalue weighted by molar-refractivity contribution is 5.92. The van der Waals surface area contributed by atoms with Crippen molar-refractivity contribution in [3.8, 4) is 17.0 Å². The second kappa shape index (κ2) is 6.79. The molecule has 2 N–H and O–H groups in total. The average molecular weight is 307 g/mol. The molecular weight excluding hydrogens is 290 g/mol. The minimum Gasteiger partial charge on any atom is -0.497 e. The summed E-state index contributed by atoms with van der Waals surface area (Å²) in [7, 11) is 1.61. The zero-order valence-corrected chi connectivity index (χ0v) is 12.7. The van der Waals surface area contributed by atoms with Crippen LogP contribution in [-0.4, -0.2) is 23.2 Å². The Morgan fingerprint density at radius 1 is 1.17 bits per heavy atom. The number of H-pyrrole nitrogens is 1. The van der Waals surface area contributed by atoms with Crippen molar-refractivity contribution >= 4 is 11.6 Å². The summed E-state index contributed by atoms with van der Waals surface area (Å²) < 4.78 is 5.17. The van der Waals surface area contributed by atoms with Gasteiger partial charge in [-0.25, -0.2) is 0 Å². The first-order chi connectivity index (χ1) is 11.2. The average Bonchev–Trinajstić information content (AvgIpc) is 3.09. The molecule has 23 heavy (non-hydrogen) atoms. The molecule has 2 aromatic carbocycles. The molecule has 0 aliphatic rings. The van der Waals surface area contributed by atoms with Gasteiger partial charge in [0.2, 0.25) is 5.91 Å². The molecule has 116 valence electrons. The Morgan fingerprint density at radius 2 is 2.04 bits per heavy atom. The van der Waals surface area contributed by atoms with Crippen molar-refractivity contribution in [2.45, 2.75) is 6.42 Å². The summed E-state index contributed by atoms with van der Waals surface area (Å²) in [5, 5.41) is 9.76. The van der Waals surface area contributed by atoms with Crippen LogP contribution in [0.1, 0.15) is 5.56 Å². The first-order valence-corrected chi connectivity index (χ1v) is 7.27. The van der Waals surface area contributed by atoms with Crippen LogP contribution in [0.3, 0.4) is 0 Å². The van der Waals surface area contributed by atoms with Crippen molar-refractivity contribution in [3.05, 3.63) is 66.4 Å². The van der Waals surface area contributed by atoms with Crippen LogP contribution < -0.4 is 10.1 Å². The van der Waals surface area contributed by atoms with Gasteiger partial charge in [-0.2, -0.15) is 5.10 Å². The zero-order valence-electron chi connectivity index (χ0n) is 12.7. The van der Waals surface area contributed by atoms with E-state index in [0.717, 1.165) is 28.3 Å². The minimum atomic E-state index is -0.0694. The molecule has 0 radical (unpaired) electrons. The summed E-state index contributed by atoms with van der Waals surface area (Å²) in [6.07, 6.45) is 1.99. The third-order valence-corrected chi connectivity index (χ3v) is 3.46. The van der Waals surface area contributed by atoms with Crippen molar-refractivity contribution in [1.29, 1.82) is 0 Å². The van der Waals surface area contributed by atoms with Gasteiger partial charge in [0.1, 0.15) is 5.75 Å². The first-order valence-electron chi connectivity index (χ1n) is 7.27. The number of aromatic amines is 1. The smallest absolute Gasteiger partial charge is 0.228 e. The molecule has 0 bridgehead atoms. The number of hydrogen-bond acceptors (Lipinski definition) is 3. The molecule has 0 saturated heterocycles. The quantitative estimate of drug-likeness (QED) is 0.760. The van der Waals surface area contributed by atoms with Gasteiger partial charge >= 0.3 is 0 Å². The van der Waals surface area contributed by atoms with E-state index in [1.165, 1.54) is 0 Å². The molecule has 5 heteroatoms. The number of nitrogens with zero attached hydrogens (tertiary/aromatic N) is 1. The summed E-state index contributed by atoms with van der Waals surface area (Å²) >= 11 is 0. The van der Waals surface area contributed by atoms with Gasteiger partial charge in [-0.05, 0) is 35.9 Å². The summed E-state index contributed by atoms with van der Waals surface area (Å²) in [5.41, 5.74) is 3.55. The maximum absolute atomic E-state index is 12.2. The van der Waals surface area contributed by atoms with Crippen molar-refractivity contribution in [1.82, 2.24) is 10.2 Å². The van der Waals surface area contributed by atoms with Crippen LogP contribution in [0.5, 0.6) is 5.75 Å². The number of rotatable bonds is 5. The van der Waals surface area contributed by atoms with Crippen LogP contribution in [0.2, 0.25) is 0 Å². The molecule has 0 unspecified atom stereocenters. The summed E-state index contributed by atoms with van der Waals surface area (Å²) in [5.74, 6) is 0.677. The number of carbonyl (C=O) groups is 1. The summed E-state index contributed by atoms with van der Waals surface area (Å²) in [6, 6.07) is 17.0. The van der Waals surface area contributed by atoms with Gasteiger partial charge in [-0.1, -0.05) is 24.3 Å². The second-order valence-corrected chi connectivity index (χ2v) is 5.13. The number of hydrogen-bond donors (Lipinski definition) is 2. The predicted octanol–water partition coefficient (Wildman–Crippen LogP) is 3.27. The van der Waals surface area contributed by atoms with Crippen molar-refractivity contribution in [3.63, 3.8) is 0 Å². The molecule has 1 aromatic heterocycles. The number of ether oxygens (including phenoxy) is 1. The Hall–Kier alpha value is -3.08. The van der Waals surface area contributed by atoms with Crippen LogP contribution in [-0.2, 0) is 11.2 Å². The number of anilines is 1. The van der Waals surface area contributed by atoms with Gasteiger partial charge in [0.25, 0.3) is 0 Å². The SMILES string of the molecule is COc1cccc(CC(=O)Nc2cccc(-c3ccn[nH]3)c2)c1. The summed E-state index contributed by atoms with van der Waals surface area (Å²) in [4.78, 5) is 12.2. The standard InChI is InChI=1S/C18H17N3O2/c1-23-16-7-2-4-13(10-16)11-18(22)20-15-6-3-5-14(12-15)17-8-9-19-21-17/h2-10,12H,11H2,1H3,(H,19,21)(H,20,22). The number of methoxy groups -OCH3 is 1. The van der Waals surface area contributed by atoms with Gasteiger partial charge in [0, 0.05) is 17.4 Å². The Bertz CT molecular complexity index is 798. The van der Waals surface area contributed by atoms with E-state index in [4.69, 9.17) is 4.74 Å². The number of amides is 1. The molecule has 5 nitrogen and oxygen atoms in total. The van der Waals surface area contributed by atoms with E-state index in [1.807, 2.05) is 54.6 Å². The normalized spacial score (nSPS) is 10.3. The zero-order chi connectivity index (χ0) is 16.1. The lowest BCUT2D eigenvalue weighted by Crippen LogP contribution is -2.14. The third-order valence-electron chi connectivity index (χ3n) is 3.46. The van der Waals surface area contributed by atoms with E-state index in [9.17, 15) is 4.79 Å². The molecule has 0 saturated carbocycles. The largest absolute Gasteiger partial charge is 0.497 e. The van der Waals surface area contributed by atoms with Gasteiger partial charge in [0.15, 0.2) is 0 Å². The monoisotopic (exact) mass is 307 g/mol. The number of aromatic nitrogens is 2. The van der Waals surface area contributed by atoms with Crippen LogP contribution in [0.4, 0.5) is 5.69 Å². The molecule has 3 rings (SSSR count). The van der Waals surface area contributed by atoms with Gasteiger partial charge < -0.3 is 10.1 Å². The lowest BCUT2D eigenvalue weighted by molar-refractivity contribution is -0.115. The Morgan fingerprint density at radius 3 is 2.83 bits per heavy atom. The van der Waals surface area contributed by atoms with E-state index < -0.39 is 0 Å². The van der Waals surface area contributed by atoms with Gasteiger partial charge in [-0.15, -0.1) is 0 Å². The molecule has 0 atom stereocenters. The Kier molecular flexibility index (Phi) is 4.38. The molecule has 0 aliphatic carbocycles. The van der Waals surface area contributed by atoms with Gasteiger partial charge in [0.05, 0.1) is 19.2 Å². The van der Waals surface area contributed by atoms with Gasteiger partial charge in [-0.3, -0.25) is 9.89 Å². The molecule has 1 amide bonds. The molecular formula is C18H17N3O2. The fourth-order valence-electron chi connectivity index (χ4n) is 2.35. The van der Waals surface area contributed by atoms with E-state index in [-0.39, 0.29) is 5.91 Å². The van der Waals surface area contributed by atoms with Crippen LogP contribution in [0, 0.1) is 0 Å². The number of benzene rings is 2. The molecule has 0 aliphatic heterocycles. The number of carbonyl (C=O) groups excluding carboxylic acids is 1. The highest BCUT2D eigenvalue weighted by Crippen LogP contribution is 2.20. The van der Waals surface area contributed by atoms with Crippen molar-refractivity contribution in [2.24, 2.45) is 0 Å². The van der Waals surface area contributed by atoms with E-state index in [2.05, 4.69) is 15.5 Å². The fraction of sp³-hybridized carbons (Fsp3) is 0.111. The fourth-order valence-corrected chi connectivity index (χ4v) is 2.35.